The van der Waals surface area contributed by atoms with Crippen molar-refractivity contribution in [2.45, 2.75) is 30.5 Å². The zero-order valence-electron chi connectivity index (χ0n) is 17.7. The summed E-state index contributed by atoms with van der Waals surface area (Å²) in [6, 6.07) is 13.6. The highest BCUT2D eigenvalue weighted by Gasteiger charge is 2.29. The van der Waals surface area contributed by atoms with Gasteiger partial charge in [-0.05, 0) is 42.7 Å². The summed E-state index contributed by atoms with van der Waals surface area (Å²) in [5, 5.41) is 3.80. The van der Waals surface area contributed by atoms with E-state index in [-0.39, 0.29) is 0 Å². The van der Waals surface area contributed by atoms with Crippen LogP contribution in [0.2, 0.25) is 0 Å². The number of thiazole rings is 1. The number of halogens is 1. The Labute approximate surface area is 196 Å². The van der Waals surface area contributed by atoms with Gasteiger partial charge in [-0.25, -0.2) is 13.4 Å². The molecule has 2 heterocycles. The molecule has 1 saturated heterocycles. The number of rotatable bonds is 6. The van der Waals surface area contributed by atoms with Crippen molar-refractivity contribution in [3.8, 4) is 0 Å². The number of hydrogen-bond acceptors (Lipinski definition) is 5. The van der Waals surface area contributed by atoms with Crippen molar-refractivity contribution < 1.29 is 8.42 Å². The molecule has 0 amide bonds. The summed E-state index contributed by atoms with van der Waals surface area (Å²) in [5.74, 6) is 0. The Bertz CT molecular complexity index is 1150. The third-order valence-electron chi connectivity index (χ3n) is 5.64. The van der Waals surface area contributed by atoms with Crippen molar-refractivity contribution in [3.63, 3.8) is 0 Å². The zero-order chi connectivity index (χ0) is 22.0. The minimum absolute atomic E-state index is 0.357. The lowest BCUT2D eigenvalue weighted by molar-refractivity contribution is 0.384. The number of nitrogens with zero attached hydrogens (tertiary/aromatic N) is 3. The van der Waals surface area contributed by atoms with E-state index in [2.05, 4.69) is 58.3 Å². The maximum atomic E-state index is 13.0. The third-order valence-corrected chi connectivity index (χ3v) is 9.15. The van der Waals surface area contributed by atoms with Gasteiger partial charge in [0.25, 0.3) is 0 Å². The lowest BCUT2D eigenvalue weighted by Crippen LogP contribution is -2.48. The molecule has 0 atom stereocenters. The number of alkyl halides is 1. The lowest BCUT2D eigenvalue weighted by Gasteiger charge is -2.33. The van der Waals surface area contributed by atoms with Gasteiger partial charge in [0.2, 0.25) is 10.0 Å². The van der Waals surface area contributed by atoms with Gasteiger partial charge >= 0.3 is 0 Å². The van der Waals surface area contributed by atoms with Gasteiger partial charge in [0.1, 0.15) is 0 Å². The molecular weight excluding hydrogens is 494 g/mol. The molecule has 5 nitrogen and oxygen atoms in total. The van der Waals surface area contributed by atoms with Gasteiger partial charge in [0, 0.05) is 43.3 Å². The van der Waals surface area contributed by atoms with Crippen LogP contribution in [-0.4, -0.2) is 43.9 Å². The van der Waals surface area contributed by atoms with Crippen molar-refractivity contribution in [1.82, 2.24) is 9.29 Å². The third kappa shape index (κ3) is 5.03. The molecule has 0 saturated carbocycles. The van der Waals surface area contributed by atoms with E-state index in [4.69, 9.17) is 4.98 Å². The van der Waals surface area contributed by atoms with Crippen LogP contribution in [0.15, 0.2) is 52.7 Å². The van der Waals surface area contributed by atoms with E-state index in [0.717, 1.165) is 22.8 Å². The smallest absolute Gasteiger partial charge is 0.243 e. The second-order valence-corrected chi connectivity index (χ2v) is 11.2. The molecule has 4 rings (SSSR count). The van der Waals surface area contributed by atoms with E-state index >= 15 is 0 Å². The molecule has 1 aliphatic heterocycles. The SMILES string of the molecule is Cc1ccc(C)c(Cc2csc(N3CCN(S(=O)(=O)c4ccc(CBr)cc4)CC3)n2)c1. The molecule has 0 bridgehead atoms. The summed E-state index contributed by atoms with van der Waals surface area (Å²) < 4.78 is 27.5. The Hall–Kier alpha value is -1.74. The number of anilines is 1. The van der Waals surface area contributed by atoms with Crippen LogP contribution in [-0.2, 0) is 21.8 Å². The van der Waals surface area contributed by atoms with Crippen molar-refractivity contribution >= 4 is 42.4 Å². The first-order valence-corrected chi connectivity index (χ1v) is 13.7. The van der Waals surface area contributed by atoms with Crippen LogP contribution in [0.1, 0.15) is 27.9 Å². The highest BCUT2D eigenvalue weighted by molar-refractivity contribution is 9.08. The van der Waals surface area contributed by atoms with Crippen LogP contribution in [0.3, 0.4) is 0 Å². The van der Waals surface area contributed by atoms with Gasteiger partial charge in [0.15, 0.2) is 5.13 Å². The Morgan fingerprint density at radius 1 is 1.03 bits per heavy atom. The molecule has 0 unspecified atom stereocenters. The van der Waals surface area contributed by atoms with Crippen molar-refractivity contribution in [2.75, 3.05) is 31.1 Å². The normalized spacial score (nSPS) is 15.4. The number of aromatic nitrogens is 1. The summed E-state index contributed by atoms with van der Waals surface area (Å²) in [4.78, 5) is 7.39. The first-order chi connectivity index (χ1) is 14.9. The molecular formula is C23H26BrN3O2S2. The molecule has 164 valence electrons. The standard InChI is InChI=1S/C23H26BrN3O2S2/c1-17-3-4-18(2)20(13-17)14-21-16-30-23(25-21)26-9-11-27(12-10-26)31(28,29)22-7-5-19(15-24)6-8-22/h3-8,13,16H,9-12,14-15H2,1-2H3. The van der Waals surface area contributed by atoms with E-state index in [0.29, 0.717) is 36.4 Å². The Kier molecular flexibility index (Phi) is 6.81. The van der Waals surface area contributed by atoms with Crippen LogP contribution < -0.4 is 4.90 Å². The summed E-state index contributed by atoms with van der Waals surface area (Å²) in [7, 11) is -3.46. The Balaban J connectivity index is 1.40. The maximum Gasteiger partial charge on any atom is 0.243 e. The maximum absolute atomic E-state index is 13.0. The minimum Gasteiger partial charge on any atom is -0.345 e. The fourth-order valence-corrected chi connectivity index (χ4v) is 6.40. The first-order valence-electron chi connectivity index (χ1n) is 10.3. The highest BCUT2D eigenvalue weighted by Crippen LogP contribution is 2.26. The number of piperazine rings is 1. The molecule has 0 N–H and O–H groups in total. The van der Waals surface area contributed by atoms with Gasteiger partial charge in [-0.2, -0.15) is 4.31 Å². The minimum atomic E-state index is -3.46. The second-order valence-electron chi connectivity index (χ2n) is 7.90. The summed E-state index contributed by atoms with van der Waals surface area (Å²) in [6.45, 7) is 6.47. The summed E-state index contributed by atoms with van der Waals surface area (Å²) in [5.41, 5.74) is 5.97. The first kappa shape index (κ1) is 22.5. The summed E-state index contributed by atoms with van der Waals surface area (Å²) in [6.07, 6.45) is 0.822. The molecule has 1 fully saturated rings. The molecule has 0 spiro atoms. The van der Waals surface area contributed by atoms with Crippen LogP contribution in [0.5, 0.6) is 0 Å². The molecule has 1 aromatic heterocycles. The monoisotopic (exact) mass is 519 g/mol. The fraction of sp³-hybridized carbons (Fsp3) is 0.348. The van der Waals surface area contributed by atoms with Crippen LogP contribution >= 0.6 is 27.3 Å². The zero-order valence-corrected chi connectivity index (χ0v) is 20.9. The molecule has 0 radical (unpaired) electrons. The van der Waals surface area contributed by atoms with Crippen LogP contribution in [0.4, 0.5) is 5.13 Å². The van der Waals surface area contributed by atoms with Gasteiger partial charge in [-0.1, -0.05) is 51.8 Å². The predicted molar refractivity (Wildman–Crippen MR) is 131 cm³/mol. The van der Waals surface area contributed by atoms with E-state index < -0.39 is 10.0 Å². The van der Waals surface area contributed by atoms with E-state index in [9.17, 15) is 8.42 Å². The van der Waals surface area contributed by atoms with Crippen LogP contribution in [0, 0.1) is 13.8 Å². The predicted octanol–water partition coefficient (Wildman–Crippen LogP) is 4.76. The highest BCUT2D eigenvalue weighted by atomic mass is 79.9. The molecule has 2 aromatic carbocycles. The molecule has 0 aliphatic carbocycles. The summed E-state index contributed by atoms with van der Waals surface area (Å²) >= 11 is 5.03. The molecule has 8 heteroatoms. The van der Waals surface area contributed by atoms with E-state index in [1.165, 1.54) is 16.7 Å². The second kappa shape index (κ2) is 9.40. The van der Waals surface area contributed by atoms with Gasteiger partial charge in [0.05, 0.1) is 10.6 Å². The Morgan fingerprint density at radius 3 is 2.42 bits per heavy atom. The van der Waals surface area contributed by atoms with Crippen molar-refractivity contribution in [2.24, 2.45) is 0 Å². The number of sulfonamides is 1. The van der Waals surface area contributed by atoms with E-state index in [1.807, 2.05) is 12.1 Å². The molecule has 3 aromatic rings. The molecule has 31 heavy (non-hydrogen) atoms. The number of hydrogen-bond donors (Lipinski definition) is 0. The topological polar surface area (TPSA) is 53.5 Å². The van der Waals surface area contributed by atoms with E-state index in [1.54, 1.807) is 27.8 Å². The number of aryl methyl sites for hydroxylation is 2. The van der Waals surface area contributed by atoms with Gasteiger partial charge in [-0.3, -0.25) is 0 Å². The average molecular weight is 521 g/mol. The van der Waals surface area contributed by atoms with Crippen molar-refractivity contribution in [3.05, 3.63) is 75.8 Å². The lowest BCUT2D eigenvalue weighted by atomic mass is 10.0. The van der Waals surface area contributed by atoms with Gasteiger partial charge in [-0.15, -0.1) is 11.3 Å². The number of benzene rings is 2. The largest absolute Gasteiger partial charge is 0.345 e. The Morgan fingerprint density at radius 2 is 1.74 bits per heavy atom. The molecule has 1 aliphatic rings. The quantitative estimate of drug-likeness (QED) is 0.440. The van der Waals surface area contributed by atoms with Crippen LogP contribution in [0.25, 0.3) is 0 Å². The van der Waals surface area contributed by atoms with Gasteiger partial charge < -0.3 is 4.90 Å². The fourth-order valence-electron chi connectivity index (χ4n) is 3.73. The van der Waals surface area contributed by atoms with Crippen molar-refractivity contribution in [1.29, 1.82) is 0 Å². The average Bonchev–Trinajstić information content (AvgIpc) is 3.25.